The van der Waals surface area contributed by atoms with Crippen LogP contribution in [-0.2, 0) is 6.54 Å². The van der Waals surface area contributed by atoms with E-state index in [-0.39, 0.29) is 17.9 Å². The number of anilines is 1. The Kier molecular flexibility index (Phi) is 3.61. The smallest absolute Gasteiger partial charge is 0.129 e. The Labute approximate surface area is 115 Å². The van der Waals surface area contributed by atoms with Crippen molar-refractivity contribution in [2.24, 2.45) is 5.73 Å². The Hall–Kier alpha value is -1.09. The molecule has 0 aliphatic carbocycles. The lowest BCUT2D eigenvalue weighted by atomic mass is 9.78. The zero-order chi connectivity index (χ0) is 14.4. The molecule has 0 saturated carbocycles. The van der Waals surface area contributed by atoms with Gasteiger partial charge in [0.25, 0.3) is 0 Å². The number of fused-ring (bicyclic) bond motifs is 1. The summed E-state index contributed by atoms with van der Waals surface area (Å²) in [6, 6.07) is 3.99. The fraction of sp³-hybridized carbons (Fsp3) is 0.625. The highest BCUT2D eigenvalue weighted by atomic mass is 19.1. The van der Waals surface area contributed by atoms with Gasteiger partial charge in [-0.05, 0) is 57.7 Å². The summed E-state index contributed by atoms with van der Waals surface area (Å²) in [5, 5.41) is 0. The van der Waals surface area contributed by atoms with E-state index in [4.69, 9.17) is 5.73 Å². The average molecular weight is 264 g/mol. The van der Waals surface area contributed by atoms with E-state index in [1.807, 2.05) is 6.07 Å². The Bertz CT molecular complexity index is 480. The van der Waals surface area contributed by atoms with Gasteiger partial charge in [-0.15, -0.1) is 0 Å². The largest absolute Gasteiger partial charge is 0.364 e. The molecule has 1 heterocycles. The predicted octanol–water partition coefficient (Wildman–Crippen LogP) is 3.79. The maximum atomic E-state index is 14.1. The van der Waals surface area contributed by atoms with Crippen molar-refractivity contribution in [3.63, 3.8) is 0 Å². The molecule has 0 fully saturated rings. The number of benzene rings is 1. The number of nitrogens with zero attached hydrogens (tertiary/aromatic N) is 1. The first-order valence-electron chi connectivity index (χ1n) is 7.09. The summed E-state index contributed by atoms with van der Waals surface area (Å²) < 4.78 is 14.1. The van der Waals surface area contributed by atoms with Gasteiger partial charge < -0.3 is 10.6 Å². The minimum atomic E-state index is -0.184. The van der Waals surface area contributed by atoms with Gasteiger partial charge in [-0.1, -0.05) is 6.92 Å². The molecule has 0 aromatic heterocycles. The topological polar surface area (TPSA) is 29.3 Å². The number of rotatable bonds is 2. The summed E-state index contributed by atoms with van der Waals surface area (Å²) in [5.74, 6) is 0.252. The highest BCUT2D eigenvalue weighted by Crippen LogP contribution is 2.45. The van der Waals surface area contributed by atoms with Crippen LogP contribution in [0.1, 0.15) is 58.1 Å². The van der Waals surface area contributed by atoms with E-state index in [9.17, 15) is 4.39 Å². The molecule has 0 bridgehead atoms. The molecule has 1 unspecified atom stereocenters. The van der Waals surface area contributed by atoms with Gasteiger partial charge in [0.15, 0.2) is 0 Å². The lowest BCUT2D eigenvalue weighted by molar-refractivity contribution is 0.355. The van der Waals surface area contributed by atoms with Crippen LogP contribution in [0.4, 0.5) is 10.1 Å². The van der Waals surface area contributed by atoms with Crippen LogP contribution < -0.4 is 10.6 Å². The van der Waals surface area contributed by atoms with E-state index in [2.05, 4.69) is 39.5 Å². The number of hydrogen-bond acceptors (Lipinski definition) is 2. The molecule has 1 aromatic carbocycles. The van der Waals surface area contributed by atoms with E-state index in [0.717, 1.165) is 12.1 Å². The molecule has 0 saturated heterocycles. The fourth-order valence-corrected chi connectivity index (χ4v) is 3.65. The quantitative estimate of drug-likeness (QED) is 0.880. The fourth-order valence-electron chi connectivity index (χ4n) is 3.65. The number of halogens is 1. The third kappa shape index (κ3) is 2.36. The predicted molar refractivity (Wildman–Crippen MR) is 79.0 cm³/mol. The molecule has 0 spiro atoms. The first-order chi connectivity index (χ1) is 8.77. The number of nitrogens with two attached hydrogens (primary N) is 1. The summed E-state index contributed by atoms with van der Waals surface area (Å²) in [4.78, 5) is 2.34. The van der Waals surface area contributed by atoms with E-state index < -0.39 is 0 Å². The summed E-state index contributed by atoms with van der Waals surface area (Å²) in [7, 11) is 0. The second-order valence-electron chi connectivity index (χ2n) is 6.59. The lowest BCUT2D eigenvalue weighted by Crippen LogP contribution is -2.52. The highest BCUT2D eigenvalue weighted by molar-refractivity contribution is 5.61. The molecule has 2 N–H and O–H groups in total. The summed E-state index contributed by atoms with van der Waals surface area (Å²) in [6.07, 6.45) is 1.08. The van der Waals surface area contributed by atoms with E-state index in [0.29, 0.717) is 17.5 Å². The molecule has 0 amide bonds. The molecular formula is C16H25FN2. The van der Waals surface area contributed by atoms with Crippen molar-refractivity contribution in [3.05, 3.63) is 29.1 Å². The average Bonchev–Trinajstić information content (AvgIpc) is 2.26. The summed E-state index contributed by atoms with van der Waals surface area (Å²) >= 11 is 0. The zero-order valence-electron chi connectivity index (χ0n) is 12.6. The highest BCUT2D eigenvalue weighted by Gasteiger charge is 2.38. The van der Waals surface area contributed by atoms with Gasteiger partial charge in [0.1, 0.15) is 5.82 Å². The van der Waals surface area contributed by atoms with Crippen molar-refractivity contribution in [2.45, 2.75) is 65.1 Å². The first kappa shape index (κ1) is 14.3. The van der Waals surface area contributed by atoms with Crippen LogP contribution in [0.5, 0.6) is 0 Å². The van der Waals surface area contributed by atoms with Crippen LogP contribution in [0.15, 0.2) is 12.1 Å². The van der Waals surface area contributed by atoms with Gasteiger partial charge >= 0.3 is 0 Å². The maximum Gasteiger partial charge on any atom is 0.129 e. The van der Waals surface area contributed by atoms with Gasteiger partial charge in [0.05, 0.1) is 0 Å². The Balaban J connectivity index is 2.62. The molecule has 2 nitrogen and oxygen atoms in total. The second kappa shape index (κ2) is 4.78. The maximum absolute atomic E-state index is 14.1. The first-order valence-corrected chi connectivity index (χ1v) is 7.09. The minimum absolute atomic E-state index is 0.0528. The van der Waals surface area contributed by atoms with Crippen molar-refractivity contribution in [2.75, 3.05) is 4.90 Å². The SMILES string of the molecule is CC1CC(C)(C)N(C(C)C)c2cc(F)c(CN)cc21. The van der Waals surface area contributed by atoms with Gasteiger partial charge in [-0.3, -0.25) is 0 Å². The van der Waals surface area contributed by atoms with Crippen LogP contribution in [-0.4, -0.2) is 11.6 Å². The summed E-state index contributed by atoms with van der Waals surface area (Å²) in [6.45, 7) is 11.3. The minimum Gasteiger partial charge on any atom is -0.364 e. The molecule has 1 aliphatic rings. The molecular weight excluding hydrogens is 239 g/mol. The standard InChI is InChI=1S/C16H25FN2/c1-10(2)19-15-7-14(17)12(9-18)6-13(15)11(3)8-16(19,4)5/h6-7,10-11H,8-9,18H2,1-5H3. The van der Waals surface area contributed by atoms with Crippen LogP contribution in [0, 0.1) is 5.82 Å². The van der Waals surface area contributed by atoms with E-state index in [1.54, 1.807) is 6.07 Å². The van der Waals surface area contributed by atoms with Crippen molar-refractivity contribution >= 4 is 5.69 Å². The molecule has 1 aliphatic heterocycles. The van der Waals surface area contributed by atoms with Crippen molar-refractivity contribution < 1.29 is 4.39 Å². The molecule has 0 radical (unpaired) electrons. The van der Waals surface area contributed by atoms with Crippen LogP contribution >= 0.6 is 0 Å². The Morgan fingerprint density at radius 3 is 2.58 bits per heavy atom. The van der Waals surface area contributed by atoms with Crippen molar-refractivity contribution in [3.8, 4) is 0 Å². The van der Waals surface area contributed by atoms with Gasteiger partial charge in [0, 0.05) is 29.4 Å². The third-order valence-electron chi connectivity index (χ3n) is 4.18. The van der Waals surface area contributed by atoms with Crippen LogP contribution in [0.3, 0.4) is 0 Å². The normalized spacial score (nSPS) is 21.7. The molecule has 19 heavy (non-hydrogen) atoms. The lowest BCUT2D eigenvalue weighted by Gasteiger charge is -2.50. The van der Waals surface area contributed by atoms with Crippen LogP contribution in [0.2, 0.25) is 0 Å². The molecule has 1 atom stereocenters. The van der Waals surface area contributed by atoms with Gasteiger partial charge in [-0.25, -0.2) is 4.39 Å². The zero-order valence-corrected chi connectivity index (χ0v) is 12.6. The Morgan fingerprint density at radius 2 is 2.05 bits per heavy atom. The molecule has 1 aromatic rings. The van der Waals surface area contributed by atoms with Gasteiger partial charge in [0.2, 0.25) is 0 Å². The Morgan fingerprint density at radius 1 is 1.42 bits per heavy atom. The van der Waals surface area contributed by atoms with Gasteiger partial charge in [-0.2, -0.15) is 0 Å². The van der Waals surface area contributed by atoms with Crippen LogP contribution in [0.25, 0.3) is 0 Å². The molecule has 2 rings (SSSR count). The molecule has 3 heteroatoms. The van der Waals surface area contributed by atoms with E-state index >= 15 is 0 Å². The summed E-state index contributed by atoms with van der Waals surface area (Å²) in [5.41, 5.74) is 8.56. The van der Waals surface area contributed by atoms with Crippen molar-refractivity contribution in [1.29, 1.82) is 0 Å². The molecule has 106 valence electrons. The monoisotopic (exact) mass is 264 g/mol. The van der Waals surface area contributed by atoms with E-state index in [1.165, 1.54) is 5.56 Å². The number of hydrogen-bond donors (Lipinski definition) is 1. The second-order valence-corrected chi connectivity index (χ2v) is 6.59. The van der Waals surface area contributed by atoms with Crippen molar-refractivity contribution in [1.82, 2.24) is 0 Å². The third-order valence-corrected chi connectivity index (χ3v) is 4.18.